The molecule has 4 rings (SSSR count). The molecule has 1 fully saturated rings. The number of anilines is 1. The highest BCUT2D eigenvalue weighted by Crippen LogP contribution is 2.45. The summed E-state index contributed by atoms with van der Waals surface area (Å²) >= 11 is 1.32. The largest absolute Gasteiger partial charge is 0.443 e. The van der Waals surface area contributed by atoms with Gasteiger partial charge < -0.3 is 15.2 Å². The van der Waals surface area contributed by atoms with Gasteiger partial charge in [0.2, 0.25) is 5.91 Å². The molecule has 0 radical (unpaired) electrons. The number of aliphatic hydroxyl groups is 1. The highest BCUT2D eigenvalue weighted by atomic mass is 32.1. The lowest BCUT2D eigenvalue weighted by Gasteiger charge is -2.44. The minimum absolute atomic E-state index is 0.149. The minimum atomic E-state index is -0.742. The lowest BCUT2D eigenvalue weighted by atomic mass is 9.66. The standard InChI is InChI=1S/C25H29FN6O4S/c1-24(2,3)36-23(35)32(15-25(9-5-10-25)21-17(26)6-4-11-27-21)19-8-7-18(30-31-19)22-29-13-16(37-22)12-28-20(34)14-33/h4,6-8,11,13,33H,5,9-10,12,14-15H2,1-3H3,(H,28,34). The molecule has 10 nitrogen and oxygen atoms in total. The molecule has 3 aromatic heterocycles. The van der Waals surface area contributed by atoms with Crippen molar-refractivity contribution in [3.63, 3.8) is 0 Å². The average molecular weight is 529 g/mol. The molecule has 37 heavy (non-hydrogen) atoms. The summed E-state index contributed by atoms with van der Waals surface area (Å²) in [5, 5.41) is 20.6. The predicted molar refractivity (Wildman–Crippen MR) is 135 cm³/mol. The Labute approximate surface area is 217 Å². The van der Waals surface area contributed by atoms with E-state index >= 15 is 0 Å². The lowest BCUT2D eigenvalue weighted by molar-refractivity contribution is -0.123. The number of aliphatic hydroxyl groups excluding tert-OH is 1. The number of rotatable bonds is 8. The van der Waals surface area contributed by atoms with Gasteiger partial charge in [0.05, 0.1) is 12.2 Å². The molecule has 1 aliphatic carbocycles. The fourth-order valence-electron chi connectivity index (χ4n) is 4.04. The van der Waals surface area contributed by atoms with Crippen LogP contribution in [0.2, 0.25) is 0 Å². The van der Waals surface area contributed by atoms with Gasteiger partial charge in [-0.05, 0) is 57.9 Å². The number of thiazole rings is 1. The Morgan fingerprint density at radius 3 is 2.59 bits per heavy atom. The monoisotopic (exact) mass is 528 g/mol. The van der Waals surface area contributed by atoms with Gasteiger partial charge in [-0.3, -0.25) is 14.7 Å². The fourth-order valence-corrected chi connectivity index (χ4v) is 4.86. The molecule has 3 heterocycles. The van der Waals surface area contributed by atoms with E-state index in [9.17, 15) is 14.0 Å². The Morgan fingerprint density at radius 2 is 2.00 bits per heavy atom. The summed E-state index contributed by atoms with van der Waals surface area (Å²) < 4.78 is 20.4. The molecule has 196 valence electrons. The molecule has 0 saturated heterocycles. The summed E-state index contributed by atoms with van der Waals surface area (Å²) in [7, 11) is 0. The second-order valence-electron chi connectivity index (χ2n) is 9.88. The van der Waals surface area contributed by atoms with Gasteiger partial charge in [0, 0.05) is 29.2 Å². The van der Waals surface area contributed by atoms with Crippen LogP contribution in [-0.4, -0.2) is 56.0 Å². The highest BCUT2D eigenvalue weighted by molar-refractivity contribution is 7.15. The number of hydrogen-bond acceptors (Lipinski definition) is 9. The first-order chi connectivity index (χ1) is 17.6. The maximum atomic E-state index is 14.7. The van der Waals surface area contributed by atoms with E-state index in [0.29, 0.717) is 29.2 Å². The van der Waals surface area contributed by atoms with Crippen LogP contribution in [0.15, 0.2) is 36.7 Å². The second kappa shape index (κ2) is 10.9. The Hall–Kier alpha value is -3.51. The molecule has 3 aromatic rings. The third-order valence-electron chi connectivity index (χ3n) is 5.95. The minimum Gasteiger partial charge on any atom is -0.443 e. The van der Waals surface area contributed by atoms with Crippen LogP contribution < -0.4 is 10.2 Å². The summed E-state index contributed by atoms with van der Waals surface area (Å²) in [5.41, 5.74) is -0.560. The average Bonchev–Trinajstić information content (AvgIpc) is 3.31. The van der Waals surface area contributed by atoms with Crippen LogP contribution >= 0.6 is 11.3 Å². The van der Waals surface area contributed by atoms with E-state index in [-0.39, 0.29) is 18.9 Å². The van der Waals surface area contributed by atoms with Crippen LogP contribution in [-0.2, 0) is 21.5 Å². The molecule has 1 aliphatic rings. The SMILES string of the molecule is CC(C)(C)OC(=O)N(CC1(c2ncccc2F)CCC1)c1ccc(-c2ncc(CNC(=O)CO)s2)nn1. The number of pyridine rings is 1. The molecule has 2 N–H and O–H groups in total. The van der Waals surface area contributed by atoms with Crippen LogP contribution in [0.5, 0.6) is 0 Å². The summed E-state index contributed by atoms with van der Waals surface area (Å²) in [6, 6.07) is 6.28. The number of ether oxygens (including phenoxy) is 1. The molecule has 12 heteroatoms. The second-order valence-corrected chi connectivity index (χ2v) is 11.0. The third kappa shape index (κ3) is 6.25. The summed E-state index contributed by atoms with van der Waals surface area (Å²) in [5.74, 6) is -0.605. The third-order valence-corrected chi connectivity index (χ3v) is 6.97. The van der Waals surface area contributed by atoms with Crippen LogP contribution in [0, 0.1) is 5.82 Å². The van der Waals surface area contributed by atoms with Gasteiger partial charge in [0.1, 0.15) is 28.7 Å². The van der Waals surface area contributed by atoms with Crippen molar-refractivity contribution >= 4 is 29.2 Å². The maximum absolute atomic E-state index is 14.7. The van der Waals surface area contributed by atoms with Crippen molar-refractivity contribution in [2.24, 2.45) is 0 Å². The van der Waals surface area contributed by atoms with Crippen molar-refractivity contribution in [2.45, 2.75) is 57.6 Å². The molecule has 0 unspecified atom stereocenters. The molecular weight excluding hydrogens is 499 g/mol. The van der Waals surface area contributed by atoms with Gasteiger partial charge in [-0.1, -0.05) is 6.42 Å². The Kier molecular flexibility index (Phi) is 7.79. The van der Waals surface area contributed by atoms with Gasteiger partial charge in [-0.15, -0.1) is 21.5 Å². The Bertz CT molecular complexity index is 1260. The zero-order valence-electron chi connectivity index (χ0n) is 20.9. The van der Waals surface area contributed by atoms with Crippen molar-refractivity contribution in [1.29, 1.82) is 0 Å². The maximum Gasteiger partial charge on any atom is 0.416 e. The first kappa shape index (κ1) is 26.6. The predicted octanol–water partition coefficient (Wildman–Crippen LogP) is 3.61. The van der Waals surface area contributed by atoms with E-state index < -0.39 is 35.4 Å². The molecule has 1 saturated carbocycles. The molecule has 0 spiro atoms. The van der Waals surface area contributed by atoms with E-state index in [1.54, 1.807) is 51.4 Å². The number of hydrogen-bond donors (Lipinski definition) is 2. The van der Waals surface area contributed by atoms with Gasteiger partial charge in [0.15, 0.2) is 5.82 Å². The zero-order valence-corrected chi connectivity index (χ0v) is 21.7. The first-order valence-corrected chi connectivity index (χ1v) is 12.7. The molecular formula is C25H29FN6O4S. The van der Waals surface area contributed by atoms with Crippen molar-refractivity contribution in [3.8, 4) is 10.7 Å². The lowest BCUT2D eigenvalue weighted by Crippen LogP contribution is -2.50. The number of nitrogens with one attached hydrogen (secondary N) is 1. The molecule has 0 aliphatic heterocycles. The smallest absolute Gasteiger partial charge is 0.416 e. The number of nitrogens with zero attached hydrogens (tertiary/aromatic N) is 5. The van der Waals surface area contributed by atoms with Crippen LogP contribution in [0.1, 0.15) is 50.6 Å². The quantitative estimate of drug-likeness (QED) is 0.454. The normalized spacial score (nSPS) is 14.5. The van der Waals surface area contributed by atoms with Gasteiger partial charge >= 0.3 is 6.09 Å². The molecule has 2 amide bonds. The van der Waals surface area contributed by atoms with E-state index in [2.05, 4.69) is 25.5 Å². The van der Waals surface area contributed by atoms with Crippen molar-refractivity contribution < 1.29 is 23.8 Å². The van der Waals surface area contributed by atoms with Crippen LogP contribution in [0.3, 0.4) is 0 Å². The van der Waals surface area contributed by atoms with Crippen molar-refractivity contribution in [1.82, 2.24) is 25.5 Å². The van der Waals surface area contributed by atoms with Crippen LogP contribution in [0.4, 0.5) is 15.0 Å². The number of amides is 2. The number of carbonyl (C=O) groups is 2. The van der Waals surface area contributed by atoms with Gasteiger partial charge in [-0.25, -0.2) is 14.2 Å². The highest BCUT2D eigenvalue weighted by Gasteiger charge is 2.45. The molecule has 0 atom stereocenters. The van der Waals surface area contributed by atoms with Crippen LogP contribution in [0.25, 0.3) is 10.7 Å². The Morgan fingerprint density at radius 1 is 1.22 bits per heavy atom. The summed E-state index contributed by atoms with van der Waals surface area (Å²) in [6.45, 7) is 5.13. The van der Waals surface area contributed by atoms with E-state index in [4.69, 9.17) is 9.84 Å². The Balaban J connectivity index is 1.59. The topological polar surface area (TPSA) is 130 Å². The van der Waals surface area contributed by atoms with Crippen molar-refractivity contribution in [3.05, 3.63) is 53.0 Å². The summed E-state index contributed by atoms with van der Waals surface area (Å²) in [4.78, 5) is 35.3. The fraction of sp³-hybridized carbons (Fsp3) is 0.440. The van der Waals surface area contributed by atoms with E-state index in [1.807, 2.05) is 0 Å². The van der Waals surface area contributed by atoms with Gasteiger partial charge in [0.25, 0.3) is 0 Å². The van der Waals surface area contributed by atoms with Gasteiger partial charge in [-0.2, -0.15) is 0 Å². The first-order valence-electron chi connectivity index (χ1n) is 11.9. The van der Waals surface area contributed by atoms with E-state index in [0.717, 1.165) is 11.3 Å². The van der Waals surface area contributed by atoms with Crippen molar-refractivity contribution in [2.75, 3.05) is 18.1 Å². The zero-order chi connectivity index (χ0) is 26.6. The number of aromatic nitrogens is 4. The van der Waals surface area contributed by atoms with E-state index in [1.165, 1.54) is 22.3 Å². The molecule has 0 aromatic carbocycles. The summed E-state index contributed by atoms with van der Waals surface area (Å²) in [6.07, 6.45) is 4.83. The number of carbonyl (C=O) groups excluding carboxylic acids is 2. The molecule has 0 bridgehead atoms. The number of halogens is 1.